The van der Waals surface area contributed by atoms with Crippen LogP contribution in [-0.2, 0) is 4.79 Å². The maximum absolute atomic E-state index is 9.99. The van der Waals surface area contributed by atoms with Crippen molar-refractivity contribution in [3.05, 3.63) is 0 Å². The molecule has 0 spiro atoms. The lowest BCUT2D eigenvalue weighted by atomic mass is 10.5. The van der Waals surface area contributed by atoms with Gasteiger partial charge < -0.3 is 0 Å². The summed E-state index contributed by atoms with van der Waals surface area (Å²) in [7, 11) is 0. The van der Waals surface area contributed by atoms with Crippen LogP contribution >= 0.6 is 25.3 Å². The molecule has 1 nitrogen and oxygen atoms in total. The summed E-state index contributed by atoms with van der Waals surface area (Å²) in [6.07, 6.45) is 0. The average Bonchev–Trinajstić information content (AvgIpc) is 1.36. The molecule has 0 saturated carbocycles. The minimum atomic E-state index is -0.398. The van der Waals surface area contributed by atoms with Gasteiger partial charge in [-0.15, -0.1) is 0 Å². The lowest BCUT2D eigenvalue weighted by Gasteiger charge is -1.89. The Hall–Kier alpha value is 0.370. The van der Waals surface area contributed by atoms with Gasteiger partial charge in [-0.1, -0.05) is 0 Å². The first kappa shape index (κ1) is 6.37. The van der Waals surface area contributed by atoms with E-state index in [0.717, 1.165) is 0 Å². The fraction of sp³-hybridized carbons (Fsp3) is 0.667. The van der Waals surface area contributed by atoms with Gasteiger partial charge in [0.25, 0.3) is 0 Å². The molecule has 6 heavy (non-hydrogen) atoms. The summed E-state index contributed by atoms with van der Waals surface area (Å²) >= 11 is 7.42. The molecule has 0 aliphatic carbocycles. The maximum Gasteiger partial charge on any atom is 0.152 e. The Labute approximate surface area is 47.9 Å². The fourth-order valence-corrected chi connectivity index (χ4v) is 0. The second-order valence-electron chi connectivity index (χ2n) is 0.984. The molecule has 0 aliphatic heterocycles. The van der Waals surface area contributed by atoms with Gasteiger partial charge in [-0.25, -0.2) is 0 Å². The van der Waals surface area contributed by atoms with E-state index in [1.54, 1.807) is 0 Å². The van der Waals surface area contributed by atoms with Crippen molar-refractivity contribution in [2.45, 2.75) is 11.5 Å². The molecule has 0 bridgehead atoms. The summed E-state index contributed by atoms with van der Waals surface area (Å²) in [6.45, 7) is 1.45. The number of Topliss-reactive ketones (excluding diaryl/α,β-unsaturated/α-hetero) is 1. The highest BCUT2D eigenvalue weighted by Gasteiger charge is 1.97. The zero-order chi connectivity index (χ0) is 5.15. The van der Waals surface area contributed by atoms with E-state index in [0.29, 0.717) is 0 Å². The third-order valence-electron chi connectivity index (χ3n) is 0.364. The second kappa shape index (κ2) is 2.53. The molecule has 0 atom stereocenters. The van der Waals surface area contributed by atoms with E-state index in [1.165, 1.54) is 6.92 Å². The Kier molecular flexibility index (Phi) is 2.68. The molecule has 0 heterocycles. The van der Waals surface area contributed by atoms with Crippen LogP contribution in [0.3, 0.4) is 0 Å². The predicted octanol–water partition coefficient (Wildman–Crippen LogP) is 0.761. The van der Waals surface area contributed by atoms with E-state index in [1.807, 2.05) is 0 Å². The van der Waals surface area contributed by atoms with Crippen LogP contribution in [-0.4, -0.2) is 10.4 Å². The van der Waals surface area contributed by atoms with E-state index in [2.05, 4.69) is 25.3 Å². The topological polar surface area (TPSA) is 17.1 Å². The van der Waals surface area contributed by atoms with Crippen molar-refractivity contribution >= 4 is 31.0 Å². The molecule has 0 saturated heterocycles. The molecule has 0 aliphatic rings. The number of thiol groups is 2. The van der Waals surface area contributed by atoms with Gasteiger partial charge in [0, 0.05) is 0 Å². The second-order valence-corrected chi connectivity index (χ2v) is 2.42. The zero-order valence-electron chi connectivity index (χ0n) is 3.38. The Morgan fingerprint density at radius 1 is 1.67 bits per heavy atom. The number of carbonyl (C=O) groups is 1. The third kappa shape index (κ3) is 2.60. The van der Waals surface area contributed by atoms with Crippen molar-refractivity contribution in [1.82, 2.24) is 0 Å². The van der Waals surface area contributed by atoms with Gasteiger partial charge in [-0.05, 0) is 6.92 Å². The Balaban J connectivity index is 3.26. The van der Waals surface area contributed by atoms with Crippen LogP contribution in [0.15, 0.2) is 0 Å². The van der Waals surface area contributed by atoms with Gasteiger partial charge in [0.2, 0.25) is 0 Å². The lowest BCUT2D eigenvalue weighted by molar-refractivity contribution is -0.115. The highest BCUT2D eigenvalue weighted by molar-refractivity contribution is 8.00. The molecule has 0 N–H and O–H groups in total. The summed E-state index contributed by atoms with van der Waals surface area (Å²) in [4.78, 5) is 9.99. The van der Waals surface area contributed by atoms with E-state index < -0.39 is 4.58 Å². The quantitative estimate of drug-likeness (QED) is 0.388. The van der Waals surface area contributed by atoms with Crippen molar-refractivity contribution < 1.29 is 4.79 Å². The first-order valence-corrected chi connectivity index (χ1v) is 2.54. The van der Waals surface area contributed by atoms with Crippen LogP contribution in [0.2, 0.25) is 0 Å². The third-order valence-corrected chi connectivity index (χ3v) is 1.09. The van der Waals surface area contributed by atoms with Crippen molar-refractivity contribution in [2.75, 3.05) is 0 Å². The van der Waals surface area contributed by atoms with Crippen LogP contribution in [0.25, 0.3) is 0 Å². The summed E-state index contributed by atoms with van der Waals surface area (Å²) in [6, 6.07) is 0. The summed E-state index contributed by atoms with van der Waals surface area (Å²) in [5.41, 5.74) is 0. The fourth-order valence-electron chi connectivity index (χ4n) is 0. The molecule has 0 radical (unpaired) electrons. The molecule has 3 heteroatoms. The molecule has 36 valence electrons. The van der Waals surface area contributed by atoms with Crippen molar-refractivity contribution in [1.29, 1.82) is 0 Å². The van der Waals surface area contributed by atoms with Crippen molar-refractivity contribution in [3.63, 3.8) is 0 Å². The SMILES string of the molecule is CC(=O)C(S)S. The lowest BCUT2D eigenvalue weighted by Crippen LogP contribution is -1.99. The average molecular weight is 122 g/mol. The molecule has 0 fully saturated rings. The van der Waals surface area contributed by atoms with Crippen LogP contribution in [0.4, 0.5) is 0 Å². The van der Waals surface area contributed by atoms with Crippen LogP contribution < -0.4 is 0 Å². The van der Waals surface area contributed by atoms with E-state index in [4.69, 9.17) is 0 Å². The van der Waals surface area contributed by atoms with Crippen LogP contribution in [0, 0.1) is 0 Å². The van der Waals surface area contributed by atoms with Crippen molar-refractivity contribution in [3.8, 4) is 0 Å². The minimum absolute atomic E-state index is 0.0123. The van der Waals surface area contributed by atoms with Gasteiger partial charge >= 0.3 is 0 Å². The molecular formula is C3H6OS2. The highest BCUT2D eigenvalue weighted by Crippen LogP contribution is 1.98. The molecule has 0 aromatic heterocycles. The first-order chi connectivity index (χ1) is 2.64. The standard InChI is InChI=1S/C3H6OS2/c1-2(4)3(5)6/h3,5-6H,1H3. The minimum Gasteiger partial charge on any atom is -0.298 e. The zero-order valence-corrected chi connectivity index (χ0v) is 5.17. The van der Waals surface area contributed by atoms with Gasteiger partial charge in [-0.3, -0.25) is 4.79 Å². The predicted molar refractivity (Wildman–Crippen MR) is 32.4 cm³/mol. The smallest absolute Gasteiger partial charge is 0.152 e. The van der Waals surface area contributed by atoms with Gasteiger partial charge in [0.15, 0.2) is 5.78 Å². The van der Waals surface area contributed by atoms with E-state index >= 15 is 0 Å². The number of hydrogen-bond donors (Lipinski definition) is 2. The normalized spacial score (nSPS) is 9.33. The Morgan fingerprint density at radius 2 is 1.83 bits per heavy atom. The molecular weight excluding hydrogens is 116 g/mol. The monoisotopic (exact) mass is 122 g/mol. The molecule has 0 rings (SSSR count). The number of rotatable bonds is 1. The van der Waals surface area contributed by atoms with Crippen LogP contribution in [0.1, 0.15) is 6.92 Å². The molecule has 0 unspecified atom stereocenters. The van der Waals surface area contributed by atoms with Gasteiger partial charge in [-0.2, -0.15) is 25.3 Å². The summed E-state index contributed by atoms with van der Waals surface area (Å²) < 4.78 is -0.398. The number of carbonyl (C=O) groups excluding carboxylic acids is 1. The molecule has 0 aromatic carbocycles. The van der Waals surface area contributed by atoms with Crippen LogP contribution in [0.5, 0.6) is 0 Å². The van der Waals surface area contributed by atoms with E-state index in [9.17, 15) is 4.79 Å². The molecule has 0 amide bonds. The highest BCUT2D eigenvalue weighted by atomic mass is 32.2. The Morgan fingerprint density at radius 3 is 1.83 bits per heavy atom. The summed E-state index contributed by atoms with van der Waals surface area (Å²) in [5, 5.41) is 0. The number of hydrogen-bond acceptors (Lipinski definition) is 3. The van der Waals surface area contributed by atoms with E-state index in [-0.39, 0.29) is 5.78 Å². The maximum atomic E-state index is 9.99. The Bertz CT molecular complexity index is 59.8. The van der Waals surface area contributed by atoms with Gasteiger partial charge in [0.05, 0.1) is 0 Å². The largest absolute Gasteiger partial charge is 0.298 e. The number of ketones is 1. The van der Waals surface area contributed by atoms with Gasteiger partial charge in [0.1, 0.15) is 4.58 Å². The van der Waals surface area contributed by atoms with Crippen molar-refractivity contribution in [2.24, 2.45) is 0 Å². The molecule has 0 aromatic rings. The summed E-state index contributed by atoms with van der Waals surface area (Å²) in [5.74, 6) is -0.0123. The first-order valence-electron chi connectivity index (χ1n) is 1.51.